The van der Waals surface area contributed by atoms with E-state index in [0.717, 1.165) is 40.4 Å². The van der Waals surface area contributed by atoms with Crippen LogP contribution in [0.3, 0.4) is 0 Å². The lowest BCUT2D eigenvalue weighted by Crippen LogP contribution is -2.25. The highest BCUT2D eigenvalue weighted by Gasteiger charge is 2.23. The Morgan fingerprint density at radius 2 is 1.74 bits per heavy atom. The summed E-state index contributed by atoms with van der Waals surface area (Å²) in [4.78, 5) is 21.4. The maximum Gasteiger partial charge on any atom is 0.251 e. The molecule has 1 aromatic heterocycles. The van der Waals surface area contributed by atoms with E-state index in [1.54, 1.807) is 12.1 Å². The van der Waals surface area contributed by atoms with Crippen LogP contribution in [0.2, 0.25) is 0 Å². The summed E-state index contributed by atoms with van der Waals surface area (Å²) >= 11 is 0. The number of halogens is 1. The molecule has 0 atom stereocenters. The molecule has 1 aliphatic carbocycles. The second-order valence-electron chi connectivity index (χ2n) is 8.32. The Labute approximate surface area is 197 Å². The van der Waals surface area contributed by atoms with Crippen molar-refractivity contribution in [1.29, 1.82) is 0 Å². The van der Waals surface area contributed by atoms with Crippen LogP contribution in [0.15, 0.2) is 66.7 Å². The molecule has 1 saturated carbocycles. The molecule has 172 valence electrons. The van der Waals surface area contributed by atoms with Crippen LogP contribution in [0.5, 0.6) is 5.88 Å². The highest BCUT2D eigenvalue weighted by molar-refractivity contribution is 5.95. The van der Waals surface area contributed by atoms with Crippen LogP contribution in [0, 0.1) is 5.82 Å². The Morgan fingerprint density at radius 3 is 2.44 bits per heavy atom. The highest BCUT2D eigenvalue weighted by Crippen LogP contribution is 2.30. The number of anilines is 1. The molecule has 0 unspecified atom stereocenters. The van der Waals surface area contributed by atoms with Crippen molar-refractivity contribution in [1.82, 2.24) is 15.3 Å². The summed E-state index contributed by atoms with van der Waals surface area (Å²) in [6.45, 7) is 2.85. The van der Waals surface area contributed by atoms with E-state index in [1.807, 2.05) is 49.4 Å². The monoisotopic (exact) mass is 456 g/mol. The summed E-state index contributed by atoms with van der Waals surface area (Å²) in [5.41, 5.74) is 4.31. The molecule has 0 spiro atoms. The lowest BCUT2D eigenvalue weighted by Gasteiger charge is -2.12. The Hall–Kier alpha value is -4.00. The largest absolute Gasteiger partial charge is 0.477 e. The standard InChI is InChI=1S/C27H25FN4O2/c1-2-34-26-23-15-20(18-5-7-19(8-6-18)25(33)30-22-12-13-22)9-14-24(23)31-27(32-26)29-16-17-3-10-21(28)11-4-17/h3-11,14-15,22H,2,12-13,16H2,1H3,(H,30,33)(H,29,31,32). The van der Waals surface area contributed by atoms with Gasteiger partial charge in [-0.3, -0.25) is 4.79 Å². The molecule has 0 radical (unpaired) electrons. The minimum absolute atomic E-state index is 0.0275. The molecule has 1 fully saturated rings. The van der Waals surface area contributed by atoms with Gasteiger partial charge in [0.1, 0.15) is 5.82 Å². The fourth-order valence-corrected chi connectivity index (χ4v) is 3.70. The van der Waals surface area contributed by atoms with Crippen LogP contribution >= 0.6 is 0 Å². The molecule has 34 heavy (non-hydrogen) atoms. The van der Waals surface area contributed by atoms with E-state index < -0.39 is 0 Å². The van der Waals surface area contributed by atoms with E-state index in [-0.39, 0.29) is 11.7 Å². The number of hydrogen-bond acceptors (Lipinski definition) is 5. The molecule has 5 rings (SSSR count). The third kappa shape index (κ3) is 4.98. The molecule has 0 aliphatic heterocycles. The number of hydrogen-bond donors (Lipinski definition) is 2. The SMILES string of the molecule is CCOc1nc(NCc2ccc(F)cc2)nc2ccc(-c3ccc(C(=O)NC4CC4)cc3)cc12. The smallest absolute Gasteiger partial charge is 0.251 e. The summed E-state index contributed by atoms with van der Waals surface area (Å²) in [6, 6.07) is 20.2. The van der Waals surface area contributed by atoms with Crippen molar-refractivity contribution in [3.05, 3.63) is 83.7 Å². The van der Waals surface area contributed by atoms with Gasteiger partial charge >= 0.3 is 0 Å². The molecule has 1 heterocycles. The lowest BCUT2D eigenvalue weighted by atomic mass is 10.0. The van der Waals surface area contributed by atoms with Gasteiger partial charge in [0.2, 0.25) is 11.8 Å². The first-order valence-electron chi connectivity index (χ1n) is 11.4. The number of carbonyl (C=O) groups is 1. The normalized spacial score (nSPS) is 13.0. The molecule has 1 amide bonds. The molecule has 7 heteroatoms. The zero-order chi connectivity index (χ0) is 23.5. The van der Waals surface area contributed by atoms with Gasteiger partial charge in [0.15, 0.2) is 0 Å². The first-order valence-corrected chi connectivity index (χ1v) is 11.4. The number of rotatable bonds is 8. The minimum atomic E-state index is -0.267. The van der Waals surface area contributed by atoms with E-state index in [0.29, 0.717) is 36.6 Å². The number of carbonyl (C=O) groups excluding carboxylic acids is 1. The van der Waals surface area contributed by atoms with Crippen molar-refractivity contribution in [2.24, 2.45) is 0 Å². The highest BCUT2D eigenvalue weighted by atomic mass is 19.1. The van der Waals surface area contributed by atoms with Gasteiger partial charge in [-0.15, -0.1) is 0 Å². The summed E-state index contributed by atoms with van der Waals surface area (Å²) in [5, 5.41) is 7.01. The zero-order valence-corrected chi connectivity index (χ0v) is 18.8. The van der Waals surface area contributed by atoms with Gasteiger partial charge in [0.05, 0.1) is 17.5 Å². The minimum Gasteiger partial charge on any atom is -0.477 e. The Bertz CT molecular complexity index is 1320. The lowest BCUT2D eigenvalue weighted by molar-refractivity contribution is 0.0951. The Morgan fingerprint density at radius 1 is 1.00 bits per heavy atom. The second-order valence-corrected chi connectivity index (χ2v) is 8.32. The van der Waals surface area contributed by atoms with E-state index in [4.69, 9.17) is 4.74 Å². The van der Waals surface area contributed by atoms with Crippen molar-refractivity contribution >= 4 is 22.8 Å². The van der Waals surface area contributed by atoms with E-state index in [2.05, 4.69) is 20.6 Å². The van der Waals surface area contributed by atoms with Crippen molar-refractivity contribution in [2.45, 2.75) is 32.4 Å². The molecule has 4 aromatic rings. The average molecular weight is 457 g/mol. The number of nitrogens with zero attached hydrogens (tertiary/aromatic N) is 2. The van der Waals surface area contributed by atoms with Gasteiger partial charge in [-0.1, -0.05) is 30.3 Å². The number of fused-ring (bicyclic) bond motifs is 1. The molecule has 3 aromatic carbocycles. The third-order valence-electron chi connectivity index (χ3n) is 5.70. The molecule has 6 nitrogen and oxygen atoms in total. The topological polar surface area (TPSA) is 76.1 Å². The number of nitrogens with one attached hydrogen (secondary N) is 2. The van der Waals surface area contributed by atoms with Gasteiger partial charge in [-0.2, -0.15) is 4.98 Å². The first kappa shape index (κ1) is 21.8. The predicted molar refractivity (Wildman–Crippen MR) is 130 cm³/mol. The summed E-state index contributed by atoms with van der Waals surface area (Å²) in [6.07, 6.45) is 2.13. The Kier molecular flexibility index (Phi) is 6.08. The average Bonchev–Trinajstić information content (AvgIpc) is 3.68. The van der Waals surface area contributed by atoms with E-state index in [1.165, 1.54) is 12.1 Å². The van der Waals surface area contributed by atoms with Crippen molar-refractivity contribution in [3.63, 3.8) is 0 Å². The van der Waals surface area contributed by atoms with Crippen molar-refractivity contribution in [3.8, 4) is 17.0 Å². The van der Waals surface area contributed by atoms with Crippen LogP contribution in [0.4, 0.5) is 10.3 Å². The van der Waals surface area contributed by atoms with Gasteiger partial charge in [-0.05, 0) is 72.9 Å². The van der Waals surface area contributed by atoms with Gasteiger partial charge in [0.25, 0.3) is 5.91 Å². The number of amides is 1. The van der Waals surface area contributed by atoms with Gasteiger partial charge in [-0.25, -0.2) is 9.37 Å². The summed E-state index contributed by atoms with van der Waals surface area (Å²) in [5.74, 6) is 0.645. The predicted octanol–water partition coefficient (Wildman–Crippen LogP) is 5.34. The van der Waals surface area contributed by atoms with Crippen LogP contribution in [0.25, 0.3) is 22.0 Å². The van der Waals surface area contributed by atoms with Gasteiger partial charge < -0.3 is 15.4 Å². The van der Waals surface area contributed by atoms with Crippen LogP contribution < -0.4 is 15.4 Å². The molecule has 1 aliphatic rings. The van der Waals surface area contributed by atoms with Gasteiger partial charge in [0, 0.05) is 18.2 Å². The second kappa shape index (κ2) is 9.47. The number of ether oxygens (including phenoxy) is 1. The van der Waals surface area contributed by atoms with Crippen molar-refractivity contribution < 1.29 is 13.9 Å². The van der Waals surface area contributed by atoms with Crippen LogP contribution in [-0.2, 0) is 6.54 Å². The van der Waals surface area contributed by atoms with Crippen LogP contribution in [-0.4, -0.2) is 28.5 Å². The third-order valence-corrected chi connectivity index (χ3v) is 5.70. The molecule has 0 bridgehead atoms. The summed E-state index contributed by atoms with van der Waals surface area (Å²) < 4.78 is 19.0. The fraction of sp³-hybridized carbons (Fsp3) is 0.222. The molecule has 2 N–H and O–H groups in total. The molecule has 0 saturated heterocycles. The zero-order valence-electron chi connectivity index (χ0n) is 18.8. The van der Waals surface area contributed by atoms with Crippen LogP contribution in [0.1, 0.15) is 35.7 Å². The quantitative estimate of drug-likeness (QED) is 0.374. The number of benzene rings is 3. The number of aromatic nitrogens is 2. The fourth-order valence-electron chi connectivity index (χ4n) is 3.70. The van der Waals surface area contributed by atoms with Crippen molar-refractivity contribution in [2.75, 3.05) is 11.9 Å². The van der Waals surface area contributed by atoms with E-state index in [9.17, 15) is 9.18 Å². The summed E-state index contributed by atoms with van der Waals surface area (Å²) in [7, 11) is 0. The Balaban J connectivity index is 1.39. The maximum absolute atomic E-state index is 13.1. The maximum atomic E-state index is 13.1. The molecular weight excluding hydrogens is 431 g/mol. The molecular formula is C27H25FN4O2. The van der Waals surface area contributed by atoms with E-state index >= 15 is 0 Å². The first-order chi connectivity index (χ1) is 16.6.